The Labute approximate surface area is 242 Å². The van der Waals surface area contributed by atoms with Crippen molar-refractivity contribution in [2.45, 2.75) is 32.7 Å². The van der Waals surface area contributed by atoms with Crippen molar-refractivity contribution in [1.82, 2.24) is 4.57 Å². The van der Waals surface area contributed by atoms with Gasteiger partial charge in [-0.05, 0) is 36.1 Å². The average Bonchev–Trinajstić information content (AvgIpc) is 3.30. The maximum atomic E-state index is 14.1. The van der Waals surface area contributed by atoms with Crippen LogP contribution in [-0.4, -0.2) is 23.8 Å². The standard InChI is InChI=1S/C34H30N2O4S/c1-5-20-40-27-15-11-10-14-26(27)21-28-32(37)36-31(25-18-16-23(17-19-25)22(3)4)29(33(38)39-6-2)30(35-34(36)41-28)24-12-8-7-9-13-24/h1,7-19,21-22,31H,6,20H2,2-4H3/b28-21-/t31-/m1/s1. The number of thiazole rings is 1. The quantitative estimate of drug-likeness (QED) is 0.222. The Morgan fingerprint density at radius 2 is 1.78 bits per heavy atom. The van der Waals surface area contributed by atoms with Crippen LogP contribution in [0.3, 0.4) is 0 Å². The third-order valence-electron chi connectivity index (χ3n) is 6.81. The molecule has 1 atom stereocenters. The normalized spacial score (nSPS) is 14.8. The van der Waals surface area contributed by atoms with Crippen LogP contribution >= 0.6 is 11.3 Å². The van der Waals surface area contributed by atoms with Crippen LogP contribution in [0.5, 0.6) is 5.75 Å². The molecule has 1 aliphatic rings. The van der Waals surface area contributed by atoms with Crippen LogP contribution in [0.25, 0.3) is 11.8 Å². The van der Waals surface area contributed by atoms with Crippen molar-refractivity contribution in [2.75, 3.05) is 13.2 Å². The molecule has 41 heavy (non-hydrogen) atoms. The average molecular weight is 563 g/mol. The number of nitrogens with zero attached hydrogens (tertiary/aromatic N) is 2. The van der Waals surface area contributed by atoms with Gasteiger partial charge in [0, 0.05) is 11.1 Å². The molecule has 6 nitrogen and oxygen atoms in total. The second-order valence-electron chi connectivity index (χ2n) is 9.78. The maximum Gasteiger partial charge on any atom is 0.338 e. The van der Waals surface area contributed by atoms with Gasteiger partial charge in [-0.15, -0.1) is 6.42 Å². The topological polar surface area (TPSA) is 69.9 Å². The van der Waals surface area contributed by atoms with E-state index in [-0.39, 0.29) is 18.8 Å². The zero-order valence-corrected chi connectivity index (χ0v) is 24.0. The molecular weight excluding hydrogens is 532 g/mol. The third kappa shape index (κ3) is 5.65. The molecule has 0 bridgehead atoms. The Balaban J connectivity index is 1.79. The van der Waals surface area contributed by atoms with Crippen LogP contribution in [-0.2, 0) is 9.53 Å². The fraction of sp³-hybridized carbons (Fsp3) is 0.206. The number of hydrogen-bond donors (Lipinski definition) is 0. The lowest BCUT2D eigenvalue weighted by atomic mass is 9.91. The van der Waals surface area contributed by atoms with E-state index in [0.717, 1.165) is 22.3 Å². The molecule has 0 amide bonds. The van der Waals surface area contributed by atoms with E-state index in [2.05, 4.69) is 19.8 Å². The summed E-state index contributed by atoms with van der Waals surface area (Å²) in [5.41, 5.74) is 4.01. The summed E-state index contributed by atoms with van der Waals surface area (Å²) in [5, 5.41) is 0. The number of ether oxygens (including phenoxy) is 2. The van der Waals surface area contributed by atoms with Crippen LogP contribution in [0, 0.1) is 12.3 Å². The Kier molecular flexibility index (Phi) is 8.32. The molecular formula is C34H30N2O4S. The van der Waals surface area contributed by atoms with Gasteiger partial charge in [0.1, 0.15) is 12.4 Å². The molecule has 0 radical (unpaired) electrons. The number of carbonyl (C=O) groups excluding carboxylic acids is 1. The van der Waals surface area contributed by atoms with Gasteiger partial charge in [-0.3, -0.25) is 9.36 Å². The number of carbonyl (C=O) groups is 1. The van der Waals surface area contributed by atoms with E-state index in [9.17, 15) is 9.59 Å². The van der Waals surface area contributed by atoms with Gasteiger partial charge in [0.05, 0.1) is 28.5 Å². The fourth-order valence-electron chi connectivity index (χ4n) is 4.81. The molecule has 0 unspecified atom stereocenters. The maximum absolute atomic E-state index is 14.1. The molecule has 0 saturated carbocycles. The number of fused-ring (bicyclic) bond motifs is 1. The number of hydrogen-bond acceptors (Lipinski definition) is 6. The zero-order valence-electron chi connectivity index (χ0n) is 23.2. The molecule has 3 aromatic carbocycles. The van der Waals surface area contributed by atoms with Gasteiger partial charge in [-0.25, -0.2) is 9.79 Å². The highest BCUT2D eigenvalue weighted by molar-refractivity contribution is 7.07. The van der Waals surface area contributed by atoms with E-state index in [0.29, 0.717) is 32.3 Å². The van der Waals surface area contributed by atoms with E-state index in [1.165, 1.54) is 11.3 Å². The monoisotopic (exact) mass is 562 g/mol. The van der Waals surface area contributed by atoms with Gasteiger partial charge in [-0.1, -0.05) is 104 Å². The van der Waals surface area contributed by atoms with Crippen LogP contribution in [0.1, 0.15) is 55.0 Å². The third-order valence-corrected chi connectivity index (χ3v) is 7.79. The summed E-state index contributed by atoms with van der Waals surface area (Å²) in [6.07, 6.45) is 7.18. The number of rotatable bonds is 8. The van der Waals surface area contributed by atoms with Gasteiger partial charge in [-0.2, -0.15) is 0 Å². The molecule has 5 rings (SSSR count). The Morgan fingerprint density at radius 1 is 1.07 bits per heavy atom. The second kappa shape index (κ2) is 12.2. The van der Waals surface area contributed by atoms with Crippen molar-refractivity contribution in [2.24, 2.45) is 4.99 Å². The van der Waals surface area contributed by atoms with E-state index < -0.39 is 12.0 Å². The van der Waals surface area contributed by atoms with Crippen LogP contribution in [0.15, 0.2) is 94.2 Å². The van der Waals surface area contributed by atoms with Crippen LogP contribution in [0.4, 0.5) is 0 Å². The summed E-state index contributed by atoms with van der Waals surface area (Å²) in [6, 6.07) is 24.2. The number of terminal acetylenes is 1. The summed E-state index contributed by atoms with van der Waals surface area (Å²) in [4.78, 5) is 33.1. The molecule has 1 aliphatic heterocycles. The summed E-state index contributed by atoms with van der Waals surface area (Å²) < 4.78 is 13.3. The number of aromatic nitrogens is 1. The molecule has 4 aromatic rings. The van der Waals surface area contributed by atoms with Gasteiger partial charge >= 0.3 is 5.97 Å². The van der Waals surface area contributed by atoms with Gasteiger partial charge in [0.25, 0.3) is 5.56 Å². The van der Waals surface area contributed by atoms with E-state index in [1.807, 2.05) is 78.9 Å². The second-order valence-corrected chi connectivity index (χ2v) is 10.8. The van der Waals surface area contributed by atoms with Crippen molar-refractivity contribution in [3.8, 4) is 18.1 Å². The van der Waals surface area contributed by atoms with Gasteiger partial charge in [0.15, 0.2) is 4.80 Å². The van der Waals surface area contributed by atoms with Crippen molar-refractivity contribution < 1.29 is 14.3 Å². The van der Waals surface area contributed by atoms with Crippen LogP contribution < -0.4 is 19.6 Å². The highest BCUT2D eigenvalue weighted by atomic mass is 32.1. The predicted molar refractivity (Wildman–Crippen MR) is 162 cm³/mol. The Hall–Kier alpha value is -4.67. The largest absolute Gasteiger partial charge is 0.480 e. The number of benzene rings is 3. The predicted octanol–water partition coefficient (Wildman–Crippen LogP) is 5.07. The molecule has 206 valence electrons. The molecule has 7 heteroatoms. The minimum atomic E-state index is -0.725. The smallest absolute Gasteiger partial charge is 0.338 e. The first-order valence-electron chi connectivity index (χ1n) is 13.5. The summed E-state index contributed by atoms with van der Waals surface area (Å²) in [7, 11) is 0. The lowest BCUT2D eigenvalue weighted by Gasteiger charge is -2.26. The first-order chi connectivity index (χ1) is 19.9. The number of esters is 1. The first-order valence-corrected chi connectivity index (χ1v) is 14.3. The van der Waals surface area contributed by atoms with Crippen molar-refractivity contribution >= 4 is 29.1 Å². The van der Waals surface area contributed by atoms with Gasteiger partial charge in [0.2, 0.25) is 0 Å². The summed E-state index contributed by atoms with van der Waals surface area (Å²) >= 11 is 1.27. The highest BCUT2D eigenvalue weighted by Gasteiger charge is 2.35. The molecule has 0 N–H and O–H groups in total. The Bertz CT molecular complexity index is 1820. The molecule has 2 heterocycles. The summed E-state index contributed by atoms with van der Waals surface area (Å²) in [5.74, 6) is 2.89. The van der Waals surface area contributed by atoms with Crippen molar-refractivity contribution in [1.29, 1.82) is 0 Å². The first kappa shape index (κ1) is 27.9. The van der Waals surface area contributed by atoms with Gasteiger partial charge < -0.3 is 9.47 Å². The molecule has 0 saturated heterocycles. The number of para-hydroxylation sites is 1. The molecule has 1 aromatic heterocycles. The lowest BCUT2D eigenvalue weighted by Crippen LogP contribution is -2.40. The molecule has 0 aliphatic carbocycles. The highest BCUT2D eigenvalue weighted by Crippen LogP contribution is 2.35. The Morgan fingerprint density at radius 3 is 2.46 bits per heavy atom. The SMILES string of the molecule is C#CCOc1ccccc1/C=c1\sc2n(c1=O)[C@H](c1ccc(C(C)C)cc1)C(C(=O)OCC)=C(c1ccccc1)N=2. The minimum Gasteiger partial charge on any atom is -0.480 e. The lowest BCUT2D eigenvalue weighted by molar-refractivity contribution is -0.138. The molecule has 0 spiro atoms. The van der Waals surface area contributed by atoms with Crippen molar-refractivity contribution in [3.63, 3.8) is 0 Å². The zero-order chi connectivity index (χ0) is 28.9. The minimum absolute atomic E-state index is 0.113. The summed E-state index contributed by atoms with van der Waals surface area (Å²) in [6.45, 7) is 6.33. The van der Waals surface area contributed by atoms with Crippen molar-refractivity contribution in [3.05, 3.63) is 126 Å². The van der Waals surface area contributed by atoms with E-state index >= 15 is 0 Å². The van der Waals surface area contributed by atoms with E-state index in [4.69, 9.17) is 20.9 Å². The van der Waals surface area contributed by atoms with E-state index in [1.54, 1.807) is 17.6 Å². The van der Waals surface area contributed by atoms with Crippen LogP contribution in [0.2, 0.25) is 0 Å². The fourth-order valence-corrected chi connectivity index (χ4v) is 5.80. The molecule has 0 fully saturated rings.